The predicted octanol–water partition coefficient (Wildman–Crippen LogP) is 3.24. The number of nitrogens with zero attached hydrogens (tertiary/aromatic N) is 2. The number of benzene rings is 1. The highest BCUT2D eigenvalue weighted by atomic mass is 15.1. The Morgan fingerprint density at radius 2 is 2.10 bits per heavy atom. The lowest BCUT2D eigenvalue weighted by atomic mass is 10.1. The monoisotopic (exact) mass is 266 g/mol. The third kappa shape index (κ3) is 2.45. The van der Waals surface area contributed by atoms with E-state index < -0.39 is 0 Å². The molecule has 3 rings (SSSR count). The lowest BCUT2D eigenvalue weighted by molar-refractivity contribution is 1.09. The van der Waals surface area contributed by atoms with Crippen LogP contribution in [0.2, 0.25) is 0 Å². The van der Waals surface area contributed by atoms with Crippen LogP contribution in [0.4, 0.5) is 11.4 Å². The molecule has 0 saturated heterocycles. The van der Waals surface area contributed by atoms with Gasteiger partial charge in [0, 0.05) is 38.6 Å². The van der Waals surface area contributed by atoms with Gasteiger partial charge >= 0.3 is 0 Å². The summed E-state index contributed by atoms with van der Waals surface area (Å²) < 4.78 is 0. The lowest BCUT2D eigenvalue weighted by Gasteiger charge is -2.17. The van der Waals surface area contributed by atoms with Crippen molar-refractivity contribution in [2.45, 2.75) is 6.54 Å². The van der Waals surface area contributed by atoms with E-state index in [4.69, 9.17) is 0 Å². The van der Waals surface area contributed by atoms with Gasteiger partial charge in [-0.05, 0) is 29.1 Å². The molecule has 1 aromatic carbocycles. The van der Waals surface area contributed by atoms with E-state index in [0.29, 0.717) is 0 Å². The average Bonchev–Trinajstić information content (AvgIpc) is 2.92. The van der Waals surface area contributed by atoms with Gasteiger partial charge < -0.3 is 15.2 Å². The molecule has 4 nitrogen and oxygen atoms in total. The summed E-state index contributed by atoms with van der Waals surface area (Å²) in [7, 11) is 4.07. The normalized spacial score (nSPS) is 10.7. The van der Waals surface area contributed by atoms with E-state index in [2.05, 4.69) is 44.5 Å². The number of aromatic nitrogens is 2. The van der Waals surface area contributed by atoms with E-state index in [0.717, 1.165) is 17.9 Å². The second kappa shape index (κ2) is 5.25. The summed E-state index contributed by atoms with van der Waals surface area (Å²) in [5.74, 6) is 0. The molecule has 0 spiro atoms. The van der Waals surface area contributed by atoms with Gasteiger partial charge in [-0.1, -0.05) is 12.1 Å². The maximum absolute atomic E-state index is 4.19. The van der Waals surface area contributed by atoms with Crippen molar-refractivity contribution in [1.82, 2.24) is 9.97 Å². The summed E-state index contributed by atoms with van der Waals surface area (Å²) in [5.41, 5.74) is 4.60. The SMILES string of the molecule is CN(C)c1ccncc1NCc1ccc2cc[nH]c2c1. The molecule has 0 aliphatic carbocycles. The van der Waals surface area contributed by atoms with E-state index in [9.17, 15) is 0 Å². The fourth-order valence-electron chi connectivity index (χ4n) is 2.32. The molecule has 2 aromatic heterocycles. The molecular formula is C16H18N4. The Balaban J connectivity index is 1.79. The second-order valence-electron chi connectivity index (χ2n) is 5.04. The van der Waals surface area contributed by atoms with Gasteiger partial charge in [0.1, 0.15) is 0 Å². The average molecular weight is 266 g/mol. The molecule has 0 bridgehead atoms. The van der Waals surface area contributed by atoms with E-state index in [1.54, 1.807) is 0 Å². The fraction of sp³-hybridized carbons (Fsp3) is 0.188. The van der Waals surface area contributed by atoms with Gasteiger partial charge in [0.2, 0.25) is 0 Å². The van der Waals surface area contributed by atoms with Crippen molar-refractivity contribution in [2.75, 3.05) is 24.3 Å². The first-order chi connectivity index (χ1) is 9.74. The van der Waals surface area contributed by atoms with Crippen LogP contribution in [0, 0.1) is 0 Å². The minimum atomic E-state index is 0.779. The van der Waals surface area contributed by atoms with Gasteiger partial charge in [-0.15, -0.1) is 0 Å². The van der Waals surface area contributed by atoms with Gasteiger partial charge in [-0.2, -0.15) is 0 Å². The van der Waals surface area contributed by atoms with Gasteiger partial charge in [0.05, 0.1) is 17.6 Å². The molecule has 0 atom stereocenters. The minimum absolute atomic E-state index is 0.779. The summed E-state index contributed by atoms with van der Waals surface area (Å²) in [6, 6.07) is 10.6. The number of nitrogens with one attached hydrogen (secondary N) is 2. The minimum Gasteiger partial charge on any atom is -0.378 e. The Kier molecular flexibility index (Phi) is 3.29. The van der Waals surface area contributed by atoms with Crippen LogP contribution < -0.4 is 10.2 Å². The van der Waals surface area contributed by atoms with Crippen molar-refractivity contribution in [1.29, 1.82) is 0 Å². The first-order valence-electron chi connectivity index (χ1n) is 6.65. The number of fused-ring (bicyclic) bond motifs is 1. The van der Waals surface area contributed by atoms with E-state index >= 15 is 0 Å². The smallest absolute Gasteiger partial charge is 0.0766 e. The number of rotatable bonds is 4. The number of aromatic amines is 1. The standard InChI is InChI=1S/C16H18N4/c1-20(2)16-6-7-17-11-15(16)19-10-12-3-4-13-5-8-18-14(13)9-12/h3-9,11,18-19H,10H2,1-2H3. The van der Waals surface area contributed by atoms with Gasteiger partial charge in [0.15, 0.2) is 0 Å². The highest BCUT2D eigenvalue weighted by Crippen LogP contribution is 2.23. The fourth-order valence-corrected chi connectivity index (χ4v) is 2.32. The molecule has 0 aliphatic rings. The highest BCUT2D eigenvalue weighted by Gasteiger charge is 2.04. The molecule has 0 fully saturated rings. The molecule has 102 valence electrons. The maximum Gasteiger partial charge on any atom is 0.0766 e. The van der Waals surface area contributed by atoms with Crippen LogP contribution in [-0.2, 0) is 6.54 Å². The quantitative estimate of drug-likeness (QED) is 0.762. The van der Waals surface area contributed by atoms with Crippen molar-refractivity contribution >= 4 is 22.3 Å². The van der Waals surface area contributed by atoms with Crippen LogP contribution >= 0.6 is 0 Å². The number of pyridine rings is 1. The maximum atomic E-state index is 4.19. The summed E-state index contributed by atoms with van der Waals surface area (Å²) in [5, 5.41) is 4.69. The molecule has 0 aliphatic heterocycles. The lowest BCUT2D eigenvalue weighted by Crippen LogP contribution is -2.12. The largest absolute Gasteiger partial charge is 0.378 e. The number of H-pyrrole nitrogens is 1. The molecule has 0 saturated carbocycles. The third-order valence-corrected chi connectivity index (χ3v) is 3.38. The van der Waals surface area contributed by atoms with Crippen molar-refractivity contribution in [3.05, 3.63) is 54.5 Å². The summed E-state index contributed by atoms with van der Waals surface area (Å²) in [6.45, 7) is 0.779. The van der Waals surface area contributed by atoms with Crippen LogP contribution in [0.3, 0.4) is 0 Å². The molecule has 4 heteroatoms. The predicted molar refractivity (Wildman–Crippen MR) is 84.2 cm³/mol. The molecule has 0 unspecified atom stereocenters. The van der Waals surface area contributed by atoms with Crippen LogP contribution in [0.15, 0.2) is 48.9 Å². The summed E-state index contributed by atoms with van der Waals surface area (Å²) in [4.78, 5) is 9.51. The zero-order valence-electron chi connectivity index (χ0n) is 11.7. The second-order valence-corrected chi connectivity index (χ2v) is 5.04. The van der Waals surface area contributed by atoms with Crippen LogP contribution in [0.25, 0.3) is 10.9 Å². The molecule has 0 amide bonds. The molecule has 0 radical (unpaired) electrons. The Bertz CT molecular complexity index is 715. The van der Waals surface area contributed by atoms with Crippen molar-refractivity contribution in [3.8, 4) is 0 Å². The van der Waals surface area contributed by atoms with Gasteiger partial charge in [-0.25, -0.2) is 0 Å². The molecule has 20 heavy (non-hydrogen) atoms. The van der Waals surface area contributed by atoms with Crippen LogP contribution in [-0.4, -0.2) is 24.1 Å². The molecule has 2 N–H and O–H groups in total. The number of hydrogen-bond donors (Lipinski definition) is 2. The molecular weight excluding hydrogens is 248 g/mol. The number of anilines is 2. The molecule has 3 aromatic rings. The zero-order valence-corrected chi connectivity index (χ0v) is 11.7. The van der Waals surface area contributed by atoms with E-state index in [1.165, 1.54) is 16.5 Å². The van der Waals surface area contributed by atoms with Crippen molar-refractivity contribution in [2.24, 2.45) is 0 Å². The summed E-state index contributed by atoms with van der Waals surface area (Å²) in [6.07, 6.45) is 5.64. The van der Waals surface area contributed by atoms with Gasteiger partial charge in [0.25, 0.3) is 0 Å². The third-order valence-electron chi connectivity index (χ3n) is 3.38. The van der Waals surface area contributed by atoms with Crippen LogP contribution in [0.1, 0.15) is 5.56 Å². The van der Waals surface area contributed by atoms with Gasteiger partial charge in [-0.3, -0.25) is 4.98 Å². The van der Waals surface area contributed by atoms with Crippen molar-refractivity contribution in [3.63, 3.8) is 0 Å². The number of hydrogen-bond acceptors (Lipinski definition) is 3. The first kappa shape index (κ1) is 12.5. The van der Waals surface area contributed by atoms with E-state index in [1.807, 2.05) is 38.8 Å². The topological polar surface area (TPSA) is 44.0 Å². The first-order valence-corrected chi connectivity index (χ1v) is 6.65. The van der Waals surface area contributed by atoms with Crippen LogP contribution in [0.5, 0.6) is 0 Å². The Hall–Kier alpha value is -2.49. The Morgan fingerprint density at radius 1 is 1.20 bits per heavy atom. The Labute approximate surface area is 118 Å². The zero-order chi connectivity index (χ0) is 13.9. The van der Waals surface area contributed by atoms with Crippen molar-refractivity contribution < 1.29 is 0 Å². The molecule has 2 heterocycles. The van der Waals surface area contributed by atoms with E-state index in [-0.39, 0.29) is 0 Å². The highest BCUT2D eigenvalue weighted by molar-refractivity contribution is 5.80. The summed E-state index contributed by atoms with van der Waals surface area (Å²) >= 11 is 0. The Morgan fingerprint density at radius 3 is 2.95 bits per heavy atom.